The van der Waals surface area contributed by atoms with Crippen LogP contribution in [-0.2, 0) is 10.0 Å². The summed E-state index contributed by atoms with van der Waals surface area (Å²) in [4.78, 5) is -0.532. The molecule has 0 bridgehead atoms. The first-order chi connectivity index (χ1) is 8.26. The Labute approximate surface area is 103 Å². The van der Waals surface area contributed by atoms with Crippen LogP contribution in [0.5, 0.6) is 5.75 Å². The molecule has 8 heteroatoms. The standard InChI is InChI=1S/C10H12F3NO3S/c1-2-7-14-18(15,16)9-6-4-3-5-8(9)17-10(11,12)13/h3-6,14H,2,7H2,1H3. The maximum absolute atomic E-state index is 12.1. The molecule has 0 atom stereocenters. The van der Waals surface area contributed by atoms with Crippen molar-refractivity contribution in [3.8, 4) is 5.75 Å². The second kappa shape index (κ2) is 5.57. The van der Waals surface area contributed by atoms with Gasteiger partial charge in [0.25, 0.3) is 0 Å². The molecule has 102 valence electrons. The monoisotopic (exact) mass is 283 g/mol. The minimum absolute atomic E-state index is 0.142. The van der Waals surface area contributed by atoms with Crippen molar-refractivity contribution in [3.05, 3.63) is 24.3 Å². The fourth-order valence-corrected chi connectivity index (χ4v) is 2.46. The van der Waals surface area contributed by atoms with Crippen molar-refractivity contribution in [2.75, 3.05) is 6.54 Å². The van der Waals surface area contributed by atoms with Crippen molar-refractivity contribution in [2.45, 2.75) is 24.6 Å². The molecule has 0 unspecified atom stereocenters. The van der Waals surface area contributed by atoms with Crippen LogP contribution in [0.15, 0.2) is 29.2 Å². The van der Waals surface area contributed by atoms with E-state index >= 15 is 0 Å². The van der Waals surface area contributed by atoms with Crippen molar-refractivity contribution in [1.82, 2.24) is 4.72 Å². The van der Waals surface area contributed by atoms with Gasteiger partial charge in [0.2, 0.25) is 10.0 Å². The highest BCUT2D eigenvalue weighted by Gasteiger charge is 2.33. The molecule has 1 aromatic carbocycles. The second-order valence-electron chi connectivity index (χ2n) is 3.39. The van der Waals surface area contributed by atoms with Crippen LogP contribution in [0.4, 0.5) is 13.2 Å². The van der Waals surface area contributed by atoms with Gasteiger partial charge in [-0.05, 0) is 18.6 Å². The number of alkyl halides is 3. The summed E-state index contributed by atoms with van der Waals surface area (Å²) in [5.41, 5.74) is 0. The van der Waals surface area contributed by atoms with Gasteiger partial charge < -0.3 is 4.74 Å². The van der Waals surface area contributed by atoms with E-state index in [4.69, 9.17) is 0 Å². The Morgan fingerprint density at radius 3 is 2.44 bits per heavy atom. The van der Waals surface area contributed by atoms with Crippen LogP contribution in [0.3, 0.4) is 0 Å². The number of rotatable bonds is 5. The van der Waals surface area contributed by atoms with Gasteiger partial charge in [0.15, 0.2) is 0 Å². The summed E-state index contributed by atoms with van der Waals surface area (Å²) < 4.78 is 65.7. The summed E-state index contributed by atoms with van der Waals surface area (Å²) >= 11 is 0. The summed E-state index contributed by atoms with van der Waals surface area (Å²) in [6.45, 7) is 1.88. The predicted molar refractivity (Wildman–Crippen MR) is 58.6 cm³/mol. The van der Waals surface area contributed by atoms with Crippen molar-refractivity contribution in [3.63, 3.8) is 0 Å². The minimum atomic E-state index is -4.93. The summed E-state index contributed by atoms with van der Waals surface area (Å²) in [5.74, 6) is -0.742. The predicted octanol–water partition coefficient (Wildman–Crippen LogP) is 2.27. The normalized spacial score (nSPS) is 12.4. The molecule has 0 aliphatic carbocycles. The van der Waals surface area contributed by atoms with Gasteiger partial charge in [0, 0.05) is 6.54 Å². The van der Waals surface area contributed by atoms with Crippen molar-refractivity contribution in [1.29, 1.82) is 0 Å². The molecule has 0 aliphatic heterocycles. The van der Waals surface area contributed by atoms with Crippen LogP contribution in [0, 0.1) is 0 Å². The molecule has 0 aromatic heterocycles. The first kappa shape index (κ1) is 14.8. The number of nitrogens with one attached hydrogen (secondary N) is 1. The van der Waals surface area contributed by atoms with Gasteiger partial charge in [-0.15, -0.1) is 13.2 Å². The van der Waals surface area contributed by atoms with Crippen LogP contribution >= 0.6 is 0 Å². The molecular weight excluding hydrogens is 271 g/mol. The fourth-order valence-electron chi connectivity index (χ4n) is 1.20. The van der Waals surface area contributed by atoms with Crippen molar-refractivity contribution < 1.29 is 26.3 Å². The van der Waals surface area contributed by atoms with E-state index in [1.165, 1.54) is 12.1 Å². The van der Waals surface area contributed by atoms with E-state index in [0.29, 0.717) is 6.42 Å². The number of ether oxygens (including phenoxy) is 1. The highest BCUT2D eigenvalue weighted by molar-refractivity contribution is 7.89. The number of halogens is 3. The Kier molecular flexibility index (Phi) is 4.58. The lowest BCUT2D eigenvalue weighted by Crippen LogP contribution is -2.26. The summed E-state index contributed by atoms with van der Waals surface area (Å²) in [6.07, 6.45) is -4.40. The van der Waals surface area contributed by atoms with Gasteiger partial charge in [0.1, 0.15) is 10.6 Å². The summed E-state index contributed by atoms with van der Waals surface area (Å²) in [6, 6.07) is 4.59. The molecule has 18 heavy (non-hydrogen) atoms. The van der Waals surface area contributed by atoms with Crippen LogP contribution in [0.25, 0.3) is 0 Å². The Morgan fingerprint density at radius 1 is 1.28 bits per heavy atom. The van der Waals surface area contributed by atoms with Crippen LogP contribution in [0.1, 0.15) is 13.3 Å². The molecule has 1 aromatic rings. The molecule has 0 spiro atoms. The lowest BCUT2D eigenvalue weighted by Gasteiger charge is -2.13. The molecule has 0 amide bonds. The third kappa shape index (κ3) is 4.19. The van der Waals surface area contributed by atoms with Gasteiger partial charge in [-0.1, -0.05) is 19.1 Å². The maximum Gasteiger partial charge on any atom is 0.573 e. The molecule has 0 fully saturated rings. The minimum Gasteiger partial charge on any atom is -0.404 e. The van der Waals surface area contributed by atoms with Gasteiger partial charge in [-0.25, -0.2) is 13.1 Å². The van der Waals surface area contributed by atoms with E-state index in [-0.39, 0.29) is 6.54 Å². The second-order valence-corrected chi connectivity index (χ2v) is 5.13. The molecule has 0 saturated heterocycles. The largest absolute Gasteiger partial charge is 0.573 e. The first-order valence-corrected chi connectivity index (χ1v) is 6.59. The molecule has 0 heterocycles. The third-order valence-electron chi connectivity index (χ3n) is 1.91. The van der Waals surface area contributed by atoms with Crippen LogP contribution in [0.2, 0.25) is 0 Å². The van der Waals surface area contributed by atoms with E-state index in [9.17, 15) is 21.6 Å². The zero-order chi connectivity index (χ0) is 13.8. The zero-order valence-corrected chi connectivity index (χ0v) is 10.3. The Bertz CT molecular complexity index is 499. The van der Waals surface area contributed by atoms with Gasteiger partial charge in [-0.2, -0.15) is 0 Å². The summed E-state index contributed by atoms with van der Waals surface area (Å²) in [7, 11) is -4.00. The fraction of sp³-hybridized carbons (Fsp3) is 0.400. The Balaban J connectivity index is 3.09. The molecule has 1 N–H and O–H groups in total. The van der Waals surface area contributed by atoms with Gasteiger partial charge in [-0.3, -0.25) is 0 Å². The lowest BCUT2D eigenvalue weighted by atomic mass is 10.3. The number of para-hydroxylation sites is 1. The SMILES string of the molecule is CCCNS(=O)(=O)c1ccccc1OC(F)(F)F. The first-order valence-electron chi connectivity index (χ1n) is 5.10. The average molecular weight is 283 g/mol. The topological polar surface area (TPSA) is 55.4 Å². The highest BCUT2D eigenvalue weighted by atomic mass is 32.2. The molecule has 1 rings (SSSR count). The zero-order valence-electron chi connectivity index (χ0n) is 9.49. The van der Waals surface area contributed by atoms with E-state index in [1.54, 1.807) is 6.92 Å². The van der Waals surface area contributed by atoms with Gasteiger partial charge >= 0.3 is 6.36 Å². The number of hydrogen-bond acceptors (Lipinski definition) is 3. The third-order valence-corrected chi connectivity index (χ3v) is 3.41. The van der Waals surface area contributed by atoms with E-state index in [0.717, 1.165) is 12.1 Å². The molecular formula is C10H12F3NO3S. The molecule has 0 saturated carbocycles. The van der Waals surface area contributed by atoms with Crippen LogP contribution < -0.4 is 9.46 Å². The van der Waals surface area contributed by atoms with Gasteiger partial charge in [0.05, 0.1) is 0 Å². The quantitative estimate of drug-likeness (QED) is 0.902. The van der Waals surface area contributed by atoms with Crippen molar-refractivity contribution in [2.24, 2.45) is 0 Å². The maximum atomic E-state index is 12.1. The number of benzene rings is 1. The highest BCUT2D eigenvalue weighted by Crippen LogP contribution is 2.29. The van der Waals surface area contributed by atoms with Crippen molar-refractivity contribution >= 4 is 10.0 Å². The van der Waals surface area contributed by atoms with E-state index < -0.39 is 27.0 Å². The van der Waals surface area contributed by atoms with E-state index in [1.807, 2.05) is 0 Å². The Hall–Kier alpha value is -1.28. The Morgan fingerprint density at radius 2 is 1.89 bits per heavy atom. The summed E-state index contributed by atoms with van der Waals surface area (Å²) in [5, 5.41) is 0. The smallest absolute Gasteiger partial charge is 0.404 e. The molecule has 0 radical (unpaired) electrons. The average Bonchev–Trinajstić information content (AvgIpc) is 2.25. The molecule has 0 aliphatic rings. The number of hydrogen-bond donors (Lipinski definition) is 1. The van der Waals surface area contributed by atoms with E-state index in [2.05, 4.69) is 9.46 Å². The lowest BCUT2D eigenvalue weighted by molar-refractivity contribution is -0.275. The van der Waals surface area contributed by atoms with Crippen LogP contribution in [-0.4, -0.2) is 21.3 Å². The molecule has 4 nitrogen and oxygen atoms in total. The number of sulfonamides is 1.